The van der Waals surface area contributed by atoms with E-state index in [9.17, 15) is 18.4 Å². The van der Waals surface area contributed by atoms with Crippen molar-refractivity contribution in [2.45, 2.75) is 31.9 Å². The molecule has 2 aromatic heterocycles. The predicted octanol–water partition coefficient (Wildman–Crippen LogP) is 4.56. The van der Waals surface area contributed by atoms with E-state index < -0.39 is 24.0 Å². The molecule has 2 aromatic carbocycles. The number of rotatable bonds is 8. The third-order valence-electron chi connectivity index (χ3n) is 5.76. The van der Waals surface area contributed by atoms with Gasteiger partial charge in [-0.15, -0.1) is 0 Å². The van der Waals surface area contributed by atoms with E-state index in [1.165, 1.54) is 10.6 Å². The van der Waals surface area contributed by atoms with E-state index in [0.29, 0.717) is 29.5 Å². The monoisotopic (exact) mass is 492 g/mol. The van der Waals surface area contributed by atoms with E-state index in [0.717, 1.165) is 10.9 Å². The van der Waals surface area contributed by atoms with Crippen molar-refractivity contribution in [2.75, 3.05) is 0 Å². The van der Waals surface area contributed by atoms with Crippen LogP contribution in [0.5, 0.6) is 5.75 Å². The standard InChI is InChI=1S/C27H26F2N4O3/c1-17(2)24(31-26(35)27(3,28)29)25(18-8-6-5-7-9-18)36-21-11-12-22-19(14-21)15-30-33(22)20-10-13-23(34)32(4)16-20/h5-16,24-25H,1H2,2-4H3,(H,31,35)/t24-,25+/m0/s1. The minimum absolute atomic E-state index is 0.127. The predicted molar refractivity (Wildman–Crippen MR) is 133 cm³/mol. The topological polar surface area (TPSA) is 78.2 Å². The van der Waals surface area contributed by atoms with E-state index in [-0.39, 0.29) is 5.56 Å². The van der Waals surface area contributed by atoms with Gasteiger partial charge in [0.05, 0.1) is 23.4 Å². The number of carbonyl (C=O) groups is 1. The summed E-state index contributed by atoms with van der Waals surface area (Å²) in [5.41, 5.74) is 2.52. The van der Waals surface area contributed by atoms with Crippen LogP contribution in [0.4, 0.5) is 8.78 Å². The van der Waals surface area contributed by atoms with Crippen LogP contribution in [0, 0.1) is 0 Å². The van der Waals surface area contributed by atoms with Crippen LogP contribution in [-0.4, -0.2) is 32.2 Å². The van der Waals surface area contributed by atoms with Crippen molar-refractivity contribution in [3.8, 4) is 11.4 Å². The first-order valence-electron chi connectivity index (χ1n) is 11.3. The highest BCUT2D eigenvalue weighted by Gasteiger charge is 2.37. The van der Waals surface area contributed by atoms with Crippen LogP contribution < -0.4 is 15.6 Å². The molecule has 36 heavy (non-hydrogen) atoms. The lowest BCUT2D eigenvalue weighted by molar-refractivity contribution is -0.144. The molecule has 0 aliphatic carbocycles. The summed E-state index contributed by atoms with van der Waals surface area (Å²) >= 11 is 0. The van der Waals surface area contributed by atoms with Gasteiger partial charge in [-0.1, -0.05) is 42.5 Å². The number of ether oxygens (including phenoxy) is 1. The second-order valence-corrected chi connectivity index (χ2v) is 8.75. The Morgan fingerprint density at radius 1 is 1.14 bits per heavy atom. The first-order chi connectivity index (χ1) is 17.0. The number of alkyl halides is 2. The van der Waals surface area contributed by atoms with Gasteiger partial charge in [0.2, 0.25) is 5.56 Å². The molecule has 0 bridgehead atoms. The van der Waals surface area contributed by atoms with E-state index in [4.69, 9.17) is 4.74 Å². The van der Waals surface area contributed by atoms with Crippen LogP contribution >= 0.6 is 0 Å². The Morgan fingerprint density at radius 2 is 1.86 bits per heavy atom. The van der Waals surface area contributed by atoms with Gasteiger partial charge in [-0.2, -0.15) is 13.9 Å². The van der Waals surface area contributed by atoms with Gasteiger partial charge in [-0.25, -0.2) is 4.68 Å². The Hall–Kier alpha value is -4.27. The maximum absolute atomic E-state index is 13.7. The number of hydrogen-bond acceptors (Lipinski definition) is 4. The summed E-state index contributed by atoms with van der Waals surface area (Å²) in [7, 11) is 1.67. The maximum Gasteiger partial charge on any atom is 0.321 e. The summed E-state index contributed by atoms with van der Waals surface area (Å²) in [5.74, 6) is -4.50. The number of hydrogen-bond donors (Lipinski definition) is 1. The van der Waals surface area contributed by atoms with Crippen molar-refractivity contribution < 1.29 is 18.3 Å². The fraction of sp³-hybridized carbons (Fsp3) is 0.222. The summed E-state index contributed by atoms with van der Waals surface area (Å²) in [6, 6.07) is 16.6. The van der Waals surface area contributed by atoms with Crippen molar-refractivity contribution in [1.29, 1.82) is 0 Å². The van der Waals surface area contributed by atoms with E-state index >= 15 is 0 Å². The zero-order valence-corrected chi connectivity index (χ0v) is 20.1. The van der Waals surface area contributed by atoms with E-state index in [1.807, 2.05) is 12.1 Å². The number of pyridine rings is 1. The number of nitrogens with one attached hydrogen (secondary N) is 1. The number of carbonyl (C=O) groups excluding carboxylic acids is 1. The van der Waals surface area contributed by atoms with Crippen molar-refractivity contribution in [3.63, 3.8) is 0 Å². The van der Waals surface area contributed by atoms with Gasteiger partial charge in [0.25, 0.3) is 5.91 Å². The number of benzene rings is 2. The molecule has 2 atom stereocenters. The van der Waals surface area contributed by atoms with Crippen LogP contribution in [-0.2, 0) is 11.8 Å². The third kappa shape index (κ3) is 5.19. The van der Waals surface area contributed by atoms with E-state index in [1.54, 1.807) is 73.5 Å². The van der Waals surface area contributed by atoms with Gasteiger partial charge in [-0.05, 0) is 36.8 Å². The number of halogens is 2. The molecular weight excluding hydrogens is 466 g/mol. The number of nitrogens with zero attached hydrogens (tertiary/aromatic N) is 3. The van der Waals surface area contributed by atoms with Crippen molar-refractivity contribution in [1.82, 2.24) is 19.7 Å². The molecule has 0 aliphatic rings. The average molecular weight is 493 g/mol. The molecule has 2 heterocycles. The lowest BCUT2D eigenvalue weighted by Crippen LogP contribution is -2.47. The summed E-state index contributed by atoms with van der Waals surface area (Å²) in [6.07, 6.45) is 2.54. The minimum atomic E-state index is -3.55. The van der Waals surface area contributed by atoms with Crippen LogP contribution in [0.2, 0.25) is 0 Å². The van der Waals surface area contributed by atoms with Crippen LogP contribution in [0.25, 0.3) is 16.6 Å². The van der Waals surface area contributed by atoms with Crippen LogP contribution in [0.15, 0.2) is 90.0 Å². The minimum Gasteiger partial charge on any atom is -0.483 e. The fourth-order valence-corrected chi connectivity index (χ4v) is 3.84. The molecular formula is C27H26F2N4O3. The summed E-state index contributed by atoms with van der Waals surface area (Å²) in [5, 5.41) is 7.59. The lowest BCUT2D eigenvalue weighted by atomic mass is 9.96. The number of aryl methyl sites for hydroxylation is 1. The van der Waals surface area contributed by atoms with Crippen molar-refractivity contribution in [3.05, 3.63) is 101 Å². The second-order valence-electron chi connectivity index (χ2n) is 8.75. The molecule has 4 rings (SSSR count). The molecule has 0 spiro atoms. The van der Waals surface area contributed by atoms with Gasteiger partial charge in [0, 0.05) is 31.6 Å². The number of aromatic nitrogens is 3. The Labute approximate surface area is 206 Å². The first-order valence-corrected chi connectivity index (χ1v) is 11.3. The average Bonchev–Trinajstić information content (AvgIpc) is 3.26. The maximum atomic E-state index is 13.7. The molecule has 0 unspecified atom stereocenters. The number of fused-ring (bicyclic) bond motifs is 1. The highest BCUT2D eigenvalue weighted by Crippen LogP contribution is 2.31. The lowest BCUT2D eigenvalue weighted by Gasteiger charge is -2.30. The zero-order valence-electron chi connectivity index (χ0n) is 20.1. The van der Waals surface area contributed by atoms with Crippen LogP contribution in [0.1, 0.15) is 25.5 Å². The first kappa shape index (κ1) is 24.8. The largest absolute Gasteiger partial charge is 0.483 e. The third-order valence-corrected chi connectivity index (χ3v) is 5.76. The smallest absolute Gasteiger partial charge is 0.321 e. The Morgan fingerprint density at radius 3 is 2.50 bits per heavy atom. The Bertz CT molecular complexity index is 1470. The van der Waals surface area contributed by atoms with Gasteiger partial charge < -0.3 is 14.6 Å². The molecule has 1 N–H and O–H groups in total. The second kappa shape index (κ2) is 9.77. The molecule has 0 saturated heterocycles. The molecule has 4 aromatic rings. The highest BCUT2D eigenvalue weighted by molar-refractivity contribution is 5.83. The SMILES string of the molecule is C=C(C)[C@H](NC(=O)C(C)(F)F)[C@H](Oc1ccc2c(cnn2-c2ccc(=O)n(C)c2)c1)c1ccccc1. The van der Waals surface area contributed by atoms with Gasteiger partial charge in [-0.3, -0.25) is 9.59 Å². The molecule has 1 amide bonds. The molecule has 9 heteroatoms. The number of amides is 1. The summed E-state index contributed by atoms with van der Waals surface area (Å²) < 4.78 is 36.8. The molecule has 0 aliphatic heterocycles. The van der Waals surface area contributed by atoms with Gasteiger partial charge >= 0.3 is 5.92 Å². The summed E-state index contributed by atoms with van der Waals surface area (Å²) in [6.45, 7) is 6.10. The zero-order chi connectivity index (χ0) is 26.0. The molecule has 7 nitrogen and oxygen atoms in total. The normalized spacial score (nSPS) is 13.2. The quantitative estimate of drug-likeness (QED) is 0.366. The molecule has 186 valence electrons. The molecule has 0 fully saturated rings. The van der Waals surface area contributed by atoms with Crippen molar-refractivity contribution in [2.24, 2.45) is 7.05 Å². The van der Waals surface area contributed by atoms with Crippen LogP contribution in [0.3, 0.4) is 0 Å². The summed E-state index contributed by atoms with van der Waals surface area (Å²) in [4.78, 5) is 23.9. The fourth-order valence-electron chi connectivity index (χ4n) is 3.84. The Kier molecular flexibility index (Phi) is 6.74. The molecule has 0 saturated carbocycles. The van der Waals surface area contributed by atoms with Gasteiger partial charge in [0.15, 0.2) is 0 Å². The van der Waals surface area contributed by atoms with E-state index in [2.05, 4.69) is 17.0 Å². The highest BCUT2D eigenvalue weighted by atomic mass is 19.3. The Balaban J connectivity index is 1.70. The molecule has 0 radical (unpaired) electrons. The van der Waals surface area contributed by atoms with Crippen molar-refractivity contribution >= 4 is 16.8 Å². The van der Waals surface area contributed by atoms with Gasteiger partial charge in [0.1, 0.15) is 11.9 Å².